The minimum Gasteiger partial charge on any atom is -0.322 e. The van der Waals surface area contributed by atoms with E-state index in [9.17, 15) is 24.5 Å². The fourth-order valence-corrected chi connectivity index (χ4v) is 3.18. The maximum Gasteiger partial charge on any atom is 0.270 e. The molecule has 3 N–H and O–H groups in total. The molecule has 3 aromatic rings. The molecular weight excluding hydrogens is 460 g/mol. The zero-order valence-electron chi connectivity index (χ0n) is 20.1. The highest BCUT2D eigenvalue weighted by molar-refractivity contribution is 6.04. The third kappa shape index (κ3) is 7.10. The highest BCUT2D eigenvalue weighted by Crippen LogP contribution is 2.22. The molecule has 3 amide bonds. The number of nitrogens with one attached hydrogen (secondary N) is 3. The van der Waals surface area contributed by atoms with Crippen molar-refractivity contribution >= 4 is 35.2 Å². The van der Waals surface area contributed by atoms with Crippen LogP contribution in [-0.4, -0.2) is 22.6 Å². The van der Waals surface area contributed by atoms with Gasteiger partial charge in [-0.15, -0.1) is 0 Å². The van der Waals surface area contributed by atoms with Crippen LogP contribution in [0.3, 0.4) is 0 Å². The first-order valence-corrected chi connectivity index (χ1v) is 11.1. The van der Waals surface area contributed by atoms with Crippen molar-refractivity contribution in [3.63, 3.8) is 0 Å². The van der Waals surface area contributed by atoms with E-state index in [2.05, 4.69) is 36.9 Å². The van der Waals surface area contributed by atoms with Crippen LogP contribution >= 0.6 is 0 Å². The van der Waals surface area contributed by atoms with Crippen LogP contribution in [0.1, 0.15) is 52.6 Å². The second-order valence-electron chi connectivity index (χ2n) is 8.99. The van der Waals surface area contributed by atoms with Crippen LogP contribution in [0.25, 0.3) is 6.08 Å². The molecule has 0 radical (unpaired) electrons. The fraction of sp³-hybridized carbons (Fsp3) is 0.148. The van der Waals surface area contributed by atoms with E-state index in [-0.39, 0.29) is 22.6 Å². The van der Waals surface area contributed by atoms with Crippen LogP contribution in [0.2, 0.25) is 0 Å². The number of carbonyl (C=O) groups excluding carboxylic acids is 3. The Labute approximate surface area is 208 Å². The summed E-state index contributed by atoms with van der Waals surface area (Å²) in [5, 5.41) is 13.6. The lowest BCUT2D eigenvalue weighted by molar-refractivity contribution is -0.384. The molecule has 0 saturated heterocycles. The molecule has 0 bridgehead atoms. The molecule has 9 nitrogen and oxygen atoms in total. The summed E-state index contributed by atoms with van der Waals surface area (Å²) in [6.07, 6.45) is 2.54. The highest BCUT2D eigenvalue weighted by Gasteiger charge is 2.14. The van der Waals surface area contributed by atoms with Crippen LogP contribution in [-0.2, 0) is 10.2 Å². The van der Waals surface area contributed by atoms with Gasteiger partial charge in [-0.05, 0) is 59.0 Å². The monoisotopic (exact) mass is 486 g/mol. The van der Waals surface area contributed by atoms with Gasteiger partial charge < -0.3 is 5.32 Å². The van der Waals surface area contributed by atoms with Crippen molar-refractivity contribution in [2.45, 2.75) is 26.2 Å². The number of non-ortho nitro benzene ring substituents is 1. The van der Waals surface area contributed by atoms with E-state index >= 15 is 0 Å². The van der Waals surface area contributed by atoms with Gasteiger partial charge in [0.15, 0.2) is 0 Å². The zero-order valence-corrected chi connectivity index (χ0v) is 20.1. The summed E-state index contributed by atoms with van der Waals surface area (Å²) in [5.74, 6) is -1.44. The quantitative estimate of drug-likeness (QED) is 0.266. The molecule has 0 aliphatic heterocycles. The minimum absolute atomic E-state index is 0.00770. The van der Waals surface area contributed by atoms with Gasteiger partial charge in [-0.1, -0.05) is 45.0 Å². The van der Waals surface area contributed by atoms with Gasteiger partial charge in [0.2, 0.25) is 0 Å². The van der Waals surface area contributed by atoms with Gasteiger partial charge in [0, 0.05) is 35.0 Å². The Hall–Kier alpha value is -4.79. The summed E-state index contributed by atoms with van der Waals surface area (Å²) in [6.45, 7) is 6.30. The average molecular weight is 487 g/mol. The molecule has 0 atom stereocenters. The van der Waals surface area contributed by atoms with Gasteiger partial charge in [-0.3, -0.25) is 35.3 Å². The molecule has 0 aliphatic rings. The van der Waals surface area contributed by atoms with Crippen LogP contribution in [0.5, 0.6) is 0 Å². The molecule has 0 aliphatic carbocycles. The normalized spacial score (nSPS) is 11.1. The predicted molar refractivity (Wildman–Crippen MR) is 137 cm³/mol. The van der Waals surface area contributed by atoms with E-state index in [0.29, 0.717) is 16.8 Å². The smallest absolute Gasteiger partial charge is 0.270 e. The van der Waals surface area contributed by atoms with Crippen molar-refractivity contribution in [3.8, 4) is 0 Å². The van der Waals surface area contributed by atoms with Crippen LogP contribution in [0.4, 0.5) is 11.4 Å². The topological polar surface area (TPSA) is 130 Å². The molecule has 9 heteroatoms. The van der Waals surface area contributed by atoms with Crippen LogP contribution < -0.4 is 16.2 Å². The number of carbonyl (C=O) groups is 3. The molecule has 3 rings (SSSR count). The lowest BCUT2D eigenvalue weighted by Crippen LogP contribution is -2.40. The van der Waals surface area contributed by atoms with E-state index in [0.717, 1.165) is 11.6 Å². The Morgan fingerprint density at radius 2 is 1.44 bits per heavy atom. The zero-order chi connectivity index (χ0) is 26.3. The van der Waals surface area contributed by atoms with Crippen molar-refractivity contribution in [1.82, 2.24) is 10.9 Å². The van der Waals surface area contributed by atoms with Crippen LogP contribution in [0, 0.1) is 10.1 Å². The Kier molecular flexibility index (Phi) is 7.96. The largest absolute Gasteiger partial charge is 0.322 e. The van der Waals surface area contributed by atoms with Crippen molar-refractivity contribution in [3.05, 3.63) is 111 Å². The van der Waals surface area contributed by atoms with Crippen LogP contribution in [0.15, 0.2) is 78.9 Å². The maximum atomic E-state index is 12.5. The van der Waals surface area contributed by atoms with Gasteiger partial charge in [0.25, 0.3) is 23.4 Å². The number of benzene rings is 3. The maximum absolute atomic E-state index is 12.5. The number of nitrogens with zero attached hydrogens (tertiary/aromatic N) is 1. The summed E-state index contributed by atoms with van der Waals surface area (Å²) in [4.78, 5) is 47.1. The minimum atomic E-state index is -0.615. The Bertz CT molecular complexity index is 1310. The Morgan fingerprint density at radius 3 is 2.06 bits per heavy atom. The standard InChI is InChI=1S/C27H26N4O5/c1-27(2,3)21-12-8-19(9-13-21)25(33)28-22-14-10-20(11-15-22)26(34)30-29-24(32)16-7-18-5-4-6-23(17-18)31(35)36/h4-17H,1-3H3,(H,28,33)(H,29,32)(H,30,34)/b16-7+. The first kappa shape index (κ1) is 25.8. The van der Waals surface area contributed by atoms with E-state index < -0.39 is 16.7 Å². The Morgan fingerprint density at radius 1 is 0.833 bits per heavy atom. The molecule has 0 saturated carbocycles. The highest BCUT2D eigenvalue weighted by atomic mass is 16.6. The molecular formula is C27H26N4O5. The average Bonchev–Trinajstić information content (AvgIpc) is 2.86. The number of hydrogen-bond acceptors (Lipinski definition) is 5. The molecule has 0 unspecified atom stereocenters. The van der Waals surface area contributed by atoms with Gasteiger partial charge in [0.05, 0.1) is 4.92 Å². The lowest BCUT2D eigenvalue weighted by Gasteiger charge is -2.19. The summed E-state index contributed by atoms with van der Waals surface area (Å²) >= 11 is 0. The van der Waals surface area contributed by atoms with E-state index in [1.54, 1.807) is 30.3 Å². The van der Waals surface area contributed by atoms with Crippen molar-refractivity contribution < 1.29 is 19.3 Å². The third-order valence-electron chi connectivity index (χ3n) is 5.23. The predicted octanol–water partition coefficient (Wildman–Crippen LogP) is 4.62. The summed E-state index contributed by atoms with van der Waals surface area (Å²) < 4.78 is 0. The first-order chi connectivity index (χ1) is 17.0. The molecule has 3 aromatic carbocycles. The van der Waals surface area contributed by atoms with Gasteiger partial charge >= 0.3 is 0 Å². The fourth-order valence-electron chi connectivity index (χ4n) is 3.18. The van der Waals surface area contributed by atoms with Gasteiger partial charge in [-0.25, -0.2) is 0 Å². The summed E-state index contributed by atoms with van der Waals surface area (Å²) in [5.41, 5.74) is 7.32. The second-order valence-corrected chi connectivity index (χ2v) is 8.99. The second kappa shape index (κ2) is 11.1. The Balaban J connectivity index is 1.52. The summed E-state index contributed by atoms with van der Waals surface area (Å²) in [6, 6.07) is 19.4. The number of hydrazine groups is 1. The van der Waals surface area contributed by atoms with E-state index in [4.69, 9.17) is 0 Å². The van der Waals surface area contributed by atoms with E-state index in [1.165, 1.54) is 36.4 Å². The number of nitro benzene ring substituents is 1. The third-order valence-corrected chi connectivity index (χ3v) is 5.23. The number of anilines is 1. The number of hydrogen-bond donors (Lipinski definition) is 3. The van der Waals surface area contributed by atoms with Gasteiger partial charge in [-0.2, -0.15) is 0 Å². The molecule has 36 heavy (non-hydrogen) atoms. The van der Waals surface area contributed by atoms with Crippen molar-refractivity contribution in [2.75, 3.05) is 5.32 Å². The molecule has 0 fully saturated rings. The number of amides is 3. The molecule has 184 valence electrons. The van der Waals surface area contributed by atoms with Gasteiger partial charge in [0.1, 0.15) is 0 Å². The molecule has 0 aromatic heterocycles. The number of nitro groups is 1. The SMILES string of the molecule is CC(C)(C)c1ccc(C(=O)Nc2ccc(C(=O)NNC(=O)/C=C/c3cccc([N+](=O)[O-])c3)cc2)cc1. The van der Waals surface area contributed by atoms with E-state index in [1.807, 2.05) is 12.1 Å². The lowest BCUT2D eigenvalue weighted by atomic mass is 9.87. The summed E-state index contributed by atoms with van der Waals surface area (Å²) in [7, 11) is 0. The van der Waals surface area contributed by atoms with Crippen molar-refractivity contribution in [2.24, 2.45) is 0 Å². The first-order valence-electron chi connectivity index (χ1n) is 11.1. The molecule has 0 spiro atoms. The molecule has 0 heterocycles. The number of rotatable bonds is 6. The van der Waals surface area contributed by atoms with Crippen molar-refractivity contribution in [1.29, 1.82) is 0 Å².